The van der Waals surface area contributed by atoms with Crippen molar-refractivity contribution in [3.8, 4) is 0 Å². The van der Waals surface area contributed by atoms with Gasteiger partial charge < -0.3 is 15.7 Å². The summed E-state index contributed by atoms with van der Waals surface area (Å²) in [6.45, 7) is 2.11. The molecule has 2 amide bonds. The third kappa shape index (κ3) is 4.89. The molecule has 0 saturated heterocycles. The SMILES string of the molecule is CCCC(O)CNC(=O)Nc1ccc(Cl)c(F)c1. The lowest BCUT2D eigenvalue weighted by Gasteiger charge is -2.11. The summed E-state index contributed by atoms with van der Waals surface area (Å²) in [4.78, 5) is 11.4. The van der Waals surface area contributed by atoms with E-state index in [2.05, 4.69) is 10.6 Å². The minimum atomic E-state index is -0.597. The summed E-state index contributed by atoms with van der Waals surface area (Å²) in [5.74, 6) is -0.597. The Bertz CT molecular complexity index is 415. The van der Waals surface area contributed by atoms with Crippen molar-refractivity contribution in [2.24, 2.45) is 0 Å². The predicted molar refractivity (Wildman–Crippen MR) is 69.3 cm³/mol. The minimum absolute atomic E-state index is 0.000624. The number of hydrogen-bond donors (Lipinski definition) is 3. The molecule has 1 aromatic rings. The maximum Gasteiger partial charge on any atom is 0.319 e. The number of carbonyl (C=O) groups excluding carboxylic acids is 1. The molecule has 6 heteroatoms. The number of rotatable bonds is 5. The van der Waals surface area contributed by atoms with Crippen LogP contribution in [0.2, 0.25) is 5.02 Å². The number of aliphatic hydroxyl groups excluding tert-OH is 1. The molecule has 4 nitrogen and oxygen atoms in total. The van der Waals surface area contributed by atoms with Gasteiger partial charge in [0.2, 0.25) is 0 Å². The minimum Gasteiger partial charge on any atom is -0.391 e. The Morgan fingerprint density at radius 3 is 2.89 bits per heavy atom. The van der Waals surface area contributed by atoms with Crippen LogP contribution in [0.15, 0.2) is 18.2 Å². The van der Waals surface area contributed by atoms with Gasteiger partial charge in [-0.25, -0.2) is 9.18 Å². The third-order valence-electron chi connectivity index (χ3n) is 2.30. The molecule has 1 unspecified atom stereocenters. The van der Waals surface area contributed by atoms with Crippen molar-refractivity contribution in [1.82, 2.24) is 5.32 Å². The molecule has 0 radical (unpaired) electrons. The van der Waals surface area contributed by atoms with Crippen molar-refractivity contribution in [3.63, 3.8) is 0 Å². The summed E-state index contributed by atoms with van der Waals surface area (Å²) >= 11 is 5.52. The summed E-state index contributed by atoms with van der Waals surface area (Å²) in [5.41, 5.74) is 0.305. The maximum atomic E-state index is 13.1. The summed E-state index contributed by atoms with van der Waals surface area (Å²) < 4.78 is 13.1. The molecule has 1 atom stereocenters. The van der Waals surface area contributed by atoms with Crippen LogP contribution in [0.1, 0.15) is 19.8 Å². The van der Waals surface area contributed by atoms with Gasteiger partial charge in [0.05, 0.1) is 11.1 Å². The number of halogens is 2. The second kappa shape index (κ2) is 7.18. The Morgan fingerprint density at radius 2 is 2.28 bits per heavy atom. The van der Waals surface area contributed by atoms with E-state index in [1.54, 1.807) is 0 Å². The van der Waals surface area contributed by atoms with Crippen molar-refractivity contribution in [1.29, 1.82) is 0 Å². The Balaban J connectivity index is 2.42. The molecule has 0 aliphatic heterocycles. The molecule has 0 aromatic heterocycles. The lowest BCUT2D eigenvalue weighted by Crippen LogP contribution is -2.35. The number of urea groups is 1. The number of nitrogens with one attached hydrogen (secondary N) is 2. The van der Waals surface area contributed by atoms with Gasteiger partial charge in [-0.2, -0.15) is 0 Å². The van der Waals surface area contributed by atoms with Crippen molar-refractivity contribution >= 4 is 23.3 Å². The average Bonchev–Trinajstić information content (AvgIpc) is 2.32. The van der Waals surface area contributed by atoms with E-state index < -0.39 is 18.0 Å². The lowest BCUT2D eigenvalue weighted by atomic mass is 10.2. The van der Waals surface area contributed by atoms with Gasteiger partial charge in [-0.15, -0.1) is 0 Å². The van der Waals surface area contributed by atoms with Gasteiger partial charge in [-0.05, 0) is 24.6 Å². The first-order chi connectivity index (χ1) is 8.52. The molecule has 0 spiro atoms. The number of hydrogen-bond acceptors (Lipinski definition) is 2. The van der Waals surface area contributed by atoms with Gasteiger partial charge in [0.15, 0.2) is 0 Å². The molecule has 1 rings (SSSR count). The van der Waals surface area contributed by atoms with E-state index in [1.807, 2.05) is 6.92 Å². The molecular formula is C12H16ClFN2O2. The summed E-state index contributed by atoms with van der Waals surface area (Å²) in [5, 5.41) is 14.4. The zero-order valence-corrected chi connectivity index (χ0v) is 10.8. The van der Waals surface area contributed by atoms with Crippen molar-refractivity contribution in [2.75, 3.05) is 11.9 Å². The Kier molecular flexibility index (Phi) is 5.88. The van der Waals surface area contributed by atoms with Crippen molar-refractivity contribution in [2.45, 2.75) is 25.9 Å². The van der Waals surface area contributed by atoms with Gasteiger partial charge in [0, 0.05) is 12.2 Å². The molecule has 100 valence electrons. The van der Waals surface area contributed by atoms with Crippen LogP contribution in [-0.4, -0.2) is 23.8 Å². The van der Waals surface area contributed by atoms with Gasteiger partial charge >= 0.3 is 6.03 Å². The zero-order valence-electron chi connectivity index (χ0n) is 10.0. The number of benzene rings is 1. The van der Waals surface area contributed by atoms with Crippen LogP contribution >= 0.6 is 11.6 Å². The molecule has 0 aliphatic rings. The monoisotopic (exact) mass is 274 g/mol. The van der Waals surface area contributed by atoms with Crippen LogP contribution in [-0.2, 0) is 0 Å². The Morgan fingerprint density at radius 1 is 1.56 bits per heavy atom. The molecule has 0 aliphatic carbocycles. The second-order valence-corrected chi connectivity index (χ2v) is 4.31. The molecular weight excluding hydrogens is 259 g/mol. The first-order valence-electron chi connectivity index (χ1n) is 5.71. The molecule has 3 N–H and O–H groups in total. The summed E-state index contributed by atoms with van der Waals surface area (Å²) in [6.07, 6.45) is 0.894. The fourth-order valence-corrected chi connectivity index (χ4v) is 1.51. The van der Waals surface area contributed by atoms with Crippen LogP contribution < -0.4 is 10.6 Å². The van der Waals surface area contributed by atoms with E-state index in [-0.39, 0.29) is 11.6 Å². The number of carbonyl (C=O) groups is 1. The molecule has 0 saturated carbocycles. The van der Waals surface area contributed by atoms with E-state index in [1.165, 1.54) is 12.1 Å². The van der Waals surface area contributed by atoms with Crippen LogP contribution in [0.5, 0.6) is 0 Å². The molecule has 0 heterocycles. The normalized spacial score (nSPS) is 12.0. The third-order valence-corrected chi connectivity index (χ3v) is 2.60. The molecule has 18 heavy (non-hydrogen) atoms. The Labute approximate surface area is 110 Å². The van der Waals surface area contributed by atoms with Crippen molar-refractivity contribution in [3.05, 3.63) is 29.0 Å². The molecule has 0 fully saturated rings. The maximum absolute atomic E-state index is 13.1. The Hall–Kier alpha value is -1.33. The van der Waals surface area contributed by atoms with E-state index >= 15 is 0 Å². The van der Waals surface area contributed by atoms with Crippen LogP contribution in [0, 0.1) is 5.82 Å². The highest BCUT2D eigenvalue weighted by atomic mass is 35.5. The van der Waals surface area contributed by atoms with Gasteiger partial charge in [-0.1, -0.05) is 24.9 Å². The summed E-state index contributed by atoms with van der Waals surface area (Å²) in [7, 11) is 0. The van der Waals surface area contributed by atoms with E-state index in [4.69, 9.17) is 11.6 Å². The number of aliphatic hydroxyl groups is 1. The first-order valence-corrected chi connectivity index (χ1v) is 6.08. The highest BCUT2D eigenvalue weighted by Gasteiger charge is 2.07. The second-order valence-electron chi connectivity index (χ2n) is 3.91. The average molecular weight is 275 g/mol. The molecule has 1 aromatic carbocycles. The van der Waals surface area contributed by atoms with Crippen molar-refractivity contribution < 1.29 is 14.3 Å². The van der Waals surface area contributed by atoms with Crippen LogP contribution in [0.3, 0.4) is 0 Å². The van der Waals surface area contributed by atoms with Gasteiger partial charge in [-0.3, -0.25) is 0 Å². The number of amides is 2. The van der Waals surface area contributed by atoms with Crippen LogP contribution in [0.4, 0.5) is 14.9 Å². The van der Waals surface area contributed by atoms with E-state index in [0.717, 1.165) is 12.5 Å². The largest absolute Gasteiger partial charge is 0.391 e. The standard InChI is InChI=1S/C12H16ClFN2O2/c1-2-3-9(17)7-15-12(18)16-8-4-5-10(13)11(14)6-8/h4-6,9,17H,2-3,7H2,1H3,(H2,15,16,18). The van der Waals surface area contributed by atoms with E-state index in [0.29, 0.717) is 12.1 Å². The van der Waals surface area contributed by atoms with Gasteiger partial charge in [0.1, 0.15) is 5.82 Å². The fraction of sp³-hybridized carbons (Fsp3) is 0.417. The highest BCUT2D eigenvalue weighted by molar-refractivity contribution is 6.30. The predicted octanol–water partition coefficient (Wildman–Crippen LogP) is 2.76. The number of anilines is 1. The van der Waals surface area contributed by atoms with Gasteiger partial charge in [0.25, 0.3) is 0 Å². The topological polar surface area (TPSA) is 61.4 Å². The lowest BCUT2D eigenvalue weighted by molar-refractivity contribution is 0.162. The fourth-order valence-electron chi connectivity index (χ4n) is 1.39. The smallest absolute Gasteiger partial charge is 0.319 e. The van der Waals surface area contributed by atoms with E-state index in [9.17, 15) is 14.3 Å². The highest BCUT2D eigenvalue weighted by Crippen LogP contribution is 2.18. The first kappa shape index (κ1) is 14.7. The van der Waals surface area contributed by atoms with Crippen LogP contribution in [0.25, 0.3) is 0 Å². The molecule has 0 bridgehead atoms. The summed E-state index contributed by atoms with van der Waals surface area (Å²) in [6, 6.07) is 3.49. The quantitative estimate of drug-likeness (QED) is 0.773. The zero-order chi connectivity index (χ0) is 13.5.